The number of piperazine rings is 1. The summed E-state index contributed by atoms with van der Waals surface area (Å²) in [6.07, 6.45) is 0.615. The largest absolute Gasteiger partial charge is 0.507 e. The van der Waals surface area contributed by atoms with E-state index >= 15 is 0 Å². The van der Waals surface area contributed by atoms with Crippen molar-refractivity contribution in [3.63, 3.8) is 0 Å². The van der Waals surface area contributed by atoms with Crippen LogP contribution in [0.2, 0.25) is 0 Å². The average molecular weight is 564 g/mol. The number of hydrogen-bond donors (Lipinski definition) is 2. The van der Waals surface area contributed by atoms with Crippen molar-refractivity contribution in [3.05, 3.63) is 45.0 Å². The molecule has 5 aliphatic rings. The van der Waals surface area contributed by atoms with Crippen molar-refractivity contribution in [2.24, 2.45) is 5.92 Å². The molecule has 0 radical (unpaired) electrons. The van der Waals surface area contributed by atoms with E-state index in [0.29, 0.717) is 35.0 Å². The number of carbonyl (C=O) groups excluding carboxylic acids is 1. The zero-order chi connectivity index (χ0) is 28.2. The highest BCUT2D eigenvalue weighted by Crippen LogP contribution is 2.63. The number of ether oxygens (including phenoxy) is 3. The standard InChI is InChI=1S/C30H33N3O6S/c1-12-6-16-7-17-18(8-31)33-19-9-37-30(36)13(2)10-40-29(24(33)23(32(17)5)20(16)25(34)14(12)3)22-21(19)28-27(38-11-39-28)15(4)26(22)35/h6,13,17-19,23-24,29,34-35H,7,9-11H2,1-5H3/t13-,17-,18-,19-,23+,24?,29+/m0/s1. The summed E-state index contributed by atoms with van der Waals surface area (Å²) < 4.78 is 17.7. The van der Waals surface area contributed by atoms with Crippen LogP contribution >= 0.6 is 11.8 Å². The number of fused-ring (bicyclic) bond motifs is 9. The molecule has 2 aromatic carbocycles. The quantitative estimate of drug-likeness (QED) is 0.457. The van der Waals surface area contributed by atoms with Gasteiger partial charge in [-0.15, -0.1) is 0 Å². The fourth-order valence-electron chi connectivity index (χ4n) is 7.66. The molecule has 2 fully saturated rings. The number of phenolic OH excluding ortho intramolecular Hbond substituents is 2. The Kier molecular flexibility index (Phi) is 5.77. The van der Waals surface area contributed by atoms with Crippen molar-refractivity contribution in [1.29, 1.82) is 5.26 Å². The highest BCUT2D eigenvalue weighted by Gasteiger charge is 2.60. The van der Waals surface area contributed by atoms with Crippen molar-refractivity contribution >= 4 is 17.7 Å². The molecule has 40 heavy (non-hydrogen) atoms. The minimum Gasteiger partial charge on any atom is -0.507 e. The molecule has 0 aliphatic carbocycles. The maximum atomic E-state index is 12.9. The lowest BCUT2D eigenvalue weighted by molar-refractivity contribution is -0.153. The second-order valence-electron chi connectivity index (χ2n) is 11.8. The molecule has 9 nitrogen and oxygen atoms in total. The van der Waals surface area contributed by atoms with E-state index in [0.717, 1.165) is 33.4 Å². The number of thioether (sulfide) groups is 1. The Morgan fingerprint density at radius 2 is 1.77 bits per heavy atom. The van der Waals surface area contributed by atoms with E-state index in [1.54, 1.807) is 11.8 Å². The molecule has 2 aromatic rings. The molecule has 4 bridgehead atoms. The third kappa shape index (κ3) is 3.25. The number of aryl methyl sites for hydroxylation is 1. The molecule has 10 heteroatoms. The lowest BCUT2D eigenvalue weighted by Gasteiger charge is -2.61. The topological polar surface area (TPSA) is 115 Å². The van der Waals surface area contributed by atoms with Gasteiger partial charge in [0.1, 0.15) is 24.1 Å². The number of rotatable bonds is 0. The van der Waals surface area contributed by atoms with Crippen LogP contribution in [0.1, 0.15) is 63.2 Å². The molecule has 7 rings (SSSR count). The molecule has 0 spiro atoms. The lowest BCUT2D eigenvalue weighted by atomic mass is 9.71. The van der Waals surface area contributed by atoms with Crippen LogP contribution in [0.3, 0.4) is 0 Å². The smallest absolute Gasteiger partial charge is 0.309 e. The number of cyclic esters (lactones) is 1. The van der Waals surface area contributed by atoms with Crippen LogP contribution in [-0.4, -0.2) is 70.3 Å². The summed E-state index contributed by atoms with van der Waals surface area (Å²) in [6, 6.07) is 3.02. The third-order valence-electron chi connectivity index (χ3n) is 9.81. The molecule has 5 aliphatic heterocycles. The zero-order valence-corrected chi connectivity index (χ0v) is 24.0. The number of aromatic hydroxyl groups is 2. The van der Waals surface area contributed by atoms with Gasteiger partial charge in [0.25, 0.3) is 0 Å². The third-order valence-corrected chi connectivity index (χ3v) is 11.4. The molecule has 1 unspecified atom stereocenters. The minimum absolute atomic E-state index is 0.0233. The second kappa shape index (κ2) is 8.93. The Morgan fingerprint density at radius 3 is 2.52 bits per heavy atom. The van der Waals surface area contributed by atoms with Gasteiger partial charge in [0, 0.05) is 40.1 Å². The number of hydrogen-bond acceptors (Lipinski definition) is 10. The first-order chi connectivity index (χ1) is 19.1. The number of carbonyl (C=O) groups is 1. The number of nitrogens with zero attached hydrogens (tertiary/aromatic N) is 3. The Hall–Kier alpha value is -3.13. The fourth-order valence-corrected chi connectivity index (χ4v) is 9.19. The van der Waals surface area contributed by atoms with E-state index in [-0.39, 0.29) is 54.4 Å². The number of esters is 1. The van der Waals surface area contributed by atoms with E-state index in [1.165, 1.54) is 0 Å². The summed E-state index contributed by atoms with van der Waals surface area (Å²) in [5.41, 5.74) is 5.93. The minimum atomic E-state index is -0.536. The van der Waals surface area contributed by atoms with Crippen LogP contribution in [0, 0.1) is 38.0 Å². The van der Waals surface area contributed by atoms with Gasteiger partial charge in [0.05, 0.1) is 29.3 Å². The predicted octanol–water partition coefficient (Wildman–Crippen LogP) is 3.95. The first kappa shape index (κ1) is 25.8. The van der Waals surface area contributed by atoms with Crippen LogP contribution in [0.15, 0.2) is 6.07 Å². The van der Waals surface area contributed by atoms with Gasteiger partial charge in [-0.25, -0.2) is 0 Å². The number of phenols is 2. The van der Waals surface area contributed by atoms with Gasteiger partial charge in [0.15, 0.2) is 11.5 Å². The molecule has 0 saturated carbocycles. The summed E-state index contributed by atoms with van der Waals surface area (Å²) in [4.78, 5) is 17.4. The van der Waals surface area contributed by atoms with Gasteiger partial charge in [-0.05, 0) is 50.9 Å². The van der Waals surface area contributed by atoms with Crippen molar-refractivity contribution in [1.82, 2.24) is 9.80 Å². The molecule has 2 N–H and O–H groups in total. The second-order valence-corrected chi connectivity index (χ2v) is 13.0. The van der Waals surface area contributed by atoms with E-state index in [4.69, 9.17) is 14.2 Å². The fraction of sp³-hybridized carbons (Fsp3) is 0.533. The van der Waals surface area contributed by atoms with Gasteiger partial charge in [-0.2, -0.15) is 17.0 Å². The van der Waals surface area contributed by atoms with Crippen LogP contribution in [0.25, 0.3) is 0 Å². The molecule has 210 valence electrons. The Balaban J connectivity index is 1.54. The summed E-state index contributed by atoms with van der Waals surface area (Å²) >= 11 is 1.60. The molecule has 0 amide bonds. The van der Waals surface area contributed by atoms with E-state index in [2.05, 4.69) is 21.9 Å². The lowest BCUT2D eigenvalue weighted by Crippen LogP contribution is -2.69. The Labute approximate surface area is 237 Å². The number of benzene rings is 2. The summed E-state index contributed by atoms with van der Waals surface area (Å²) in [5.74, 6) is 1.37. The van der Waals surface area contributed by atoms with Crippen molar-refractivity contribution in [2.75, 3.05) is 26.2 Å². The first-order valence-corrected chi connectivity index (χ1v) is 14.8. The van der Waals surface area contributed by atoms with Crippen molar-refractivity contribution < 1.29 is 29.2 Å². The van der Waals surface area contributed by atoms with Crippen LogP contribution < -0.4 is 9.47 Å². The van der Waals surface area contributed by atoms with Gasteiger partial charge >= 0.3 is 5.97 Å². The highest BCUT2D eigenvalue weighted by atomic mass is 32.2. The molecule has 7 atom stereocenters. The summed E-state index contributed by atoms with van der Waals surface area (Å²) in [7, 11) is 2.04. The molecule has 5 heterocycles. The molecular weight excluding hydrogens is 530 g/mol. The molecule has 0 aromatic heterocycles. The number of likely N-dealkylation sites (N-methyl/N-ethyl adjacent to an activating group) is 1. The van der Waals surface area contributed by atoms with E-state index < -0.39 is 12.1 Å². The van der Waals surface area contributed by atoms with Crippen LogP contribution in [-0.2, 0) is 16.0 Å². The van der Waals surface area contributed by atoms with Gasteiger partial charge in [0.2, 0.25) is 6.79 Å². The van der Waals surface area contributed by atoms with Crippen LogP contribution in [0.4, 0.5) is 0 Å². The molecule has 2 saturated heterocycles. The maximum absolute atomic E-state index is 12.9. The predicted molar refractivity (Wildman–Crippen MR) is 148 cm³/mol. The Bertz CT molecular complexity index is 1500. The zero-order valence-electron chi connectivity index (χ0n) is 23.2. The van der Waals surface area contributed by atoms with Gasteiger partial charge in [-0.1, -0.05) is 13.0 Å². The van der Waals surface area contributed by atoms with E-state index in [9.17, 15) is 20.3 Å². The van der Waals surface area contributed by atoms with E-state index in [1.807, 2.05) is 34.7 Å². The van der Waals surface area contributed by atoms with Gasteiger partial charge in [-0.3, -0.25) is 14.6 Å². The van der Waals surface area contributed by atoms with Crippen molar-refractivity contribution in [3.8, 4) is 29.1 Å². The normalized spacial score (nSPS) is 32.5. The van der Waals surface area contributed by atoms with Gasteiger partial charge < -0.3 is 24.4 Å². The maximum Gasteiger partial charge on any atom is 0.309 e. The highest BCUT2D eigenvalue weighted by molar-refractivity contribution is 7.99. The van der Waals surface area contributed by atoms with Crippen molar-refractivity contribution in [2.45, 2.75) is 69.6 Å². The Morgan fingerprint density at radius 1 is 1.05 bits per heavy atom. The SMILES string of the molecule is Cc1cc2c(c(O)c1C)[C@@H]1C3[C@@H]4SC[C@H](C)C(=O)OC[C@@H](c5c6c(c(C)c(O)c54)OCO6)N3[C@@H](C#N)[C@H](C2)N1C. The average Bonchev–Trinajstić information content (AvgIpc) is 3.42. The van der Waals surface area contributed by atoms with Crippen LogP contribution in [0.5, 0.6) is 23.0 Å². The monoisotopic (exact) mass is 563 g/mol. The first-order valence-electron chi connectivity index (χ1n) is 13.8. The summed E-state index contributed by atoms with van der Waals surface area (Å²) in [5, 5.41) is 33.8. The molecular formula is C30H33N3O6S. The summed E-state index contributed by atoms with van der Waals surface area (Å²) in [6.45, 7) is 7.70. The number of nitriles is 1.